The van der Waals surface area contributed by atoms with E-state index in [2.05, 4.69) is 0 Å². The number of nitrogens with two attached hydrogens (primary N) is 1. The molecule has 0 aliphatic carbocycles. The molecule has 1 fully saturated rings. The van der Waals surface area contributed by atoms with Crippen molar-refractivity contribution in [3.05, 3.63) is 59.2 Å². The largest absolute Gasteiger partial charge is 0.506 e. The Kier molecular flexibility index (Phi) is 4.56. The van der Waals surface area contributed by atoms with Crippen LogP contribution >= 0.6 is 0 Å². The van der Waals surface area contributed by atoms with Gasteiger partial charge in [-0.1, -0.05) is 18.2 Å². The average molecular weight is 375 g/mol. The van der Waals surface area contributed by atoms with Crippen LogP contribution < -0.4 is 14.8 Å². The minimum atomic E-state index is -3.96. The van der Waals surface area contributed by atoms with Crippen LogP contribution in [0.4, 0.5) is 5.69 Å². The number of benzene rings is 2. The van der Waals surface area contributed by atoms with Crippen LogP contribution in [0.2, 0.25) is 0 Å². The van der Waals surface area contributed by atoms with Gasteiger partial charge in [-0.2, -0.15) is 8.42 Å². The van der Waals surface area contributed by atoms with Crippen LogP contribution in [0.25, 0.3) is 0 Å². The number of phenols is 1. The number of carbonyl (C=O) groups is 2. The fraction of sp³-hybridized carbons (Fsp3) is 0.176. The van der Waals surface area contributed by atoms with E-state index in [1.165, 1.54) is 12.1 Å². The number of aryl methyl sites for hydroxylation is 2. The third-order valence-corrected chi connectivity index (χ3v) is 5.46. The van der Waals surface area contributed by atoms with Crippen LogP contribution in [-0.4, -0.2) is 31.9 Å². The minimum Gasteiger partial charge on any atom is -0.506 e. The number of anilines is 1. The molecule has 1 heterocycles. The first-order chi connectivity index (χ1) is 12.3. The maximum atomic E-state index is 11.8. The molecular weight excluding hydrogens is 358 g/mol. The number of primary amides is 1. The summed E-state index contributed by atoms with van der Waals surface area (Å²) in [5.74, 6) is -1.35. The van der Waals surface area contributed by atoms with Crippen molar-refractivity contribution in [2.75, 3.05) is 10.8 Å². The highest BCUT2D eigenvalue weighted by Gasteiger charge is 2.35. The molecule has 4 N–H and O–H groups in total. The van der Waals surface area contributed by atoms with Crippen molar-refractivity contribution in [1.82, 2.24) is 4.72 Å². The minimum absolute atomic E-state index is 0.0536. The second-order valence-electron chi connectivity index (χ2n) is 5.92. The second-order valence-corrected chi connectivity index (χ2v) is 7.52. The summed E-state index contributed by atoms with van der Waals surface area (Å²) < 4.78 is 26.4. The van der Waals surface area contributed by atoms with Crippen LogP contribution in [-0.2, 0) is 27.8 Å². The molecule has 0 bridgehead atoms. The van der Waals surface area contributed by atoms with Crippen molar-refractivity contribution in [3.63, 3.8) is 0 Å². The lowest BCUT2D eigenvalue weighted by Gasteiger charge is -2.16. The van der Waals surface area contributed by atoms with Gasteiger partial charge in [0.2, 0.25) is 5.91 Å². The fourth-order valence-electron chi connectivity index (χ4n) is 2.72. The lowest BCUT2D eigenvalue weighted by atomic mass is 10.0. The van der Waals surface area contributed by atoms with Gasteiger partial charge in [-0.05, 0) is 48.2 Å². The number of phenolic OH excluding ortho intramolecular Hbond substituents is 1. The predicted octanol–water partition coefficient (Wildman–Crippen LogP) is 0.457. The summed E-state index contributed by atoms with van der Waals surface area (Å²) in [6.45, 7) is -0.360. The molecule has 2 amide bonds. The van der Waals surface area contributed by atoms with Crippen molar-refractivity contribution in [1.29, 1.82) is 0 Å². The Balaban J connectivity index is 1.72. The van der Waals surface area contributed by atoms with Crippen LogP contribution in [0.5, 0.6) is 5.75 Å². The highest BCUT2D eigenvalue weighted by molar-refractivity contribution is 7.92. The Labute approximate surface area is 150 Å². The lowest BCUT2D eigenvalue weighted by Crippen LogP contribution is -2.29. The lowest BCUT2D eigenvalue weighted by molar-refractivity contribution is -0.117. The number of nitrogens with zero attached hydrogens (tertiary/aromatic N) is 1. The summed E-state index contributed by atoms with van der Waals surface area (Å²) in [5.41, 5.74) is 7.49. The molecule has 1 aliphatic heterocycles. The Hall–Kier alpha value is -3.07. The van der Waals surface area contributed by atoms with E-state index in [9.17, 15) is 23.1 Å². The van der Waals surface area contributed by atoms with Gasteiger partial charge in [-0.3, -0.25) is 9.59 Å². The molecule has 1 saturated heterocycles. The van der Waals surface area contributed by atoms with Gasteiger partial charge < -0.3 is 10.8 Å². The molecule has 3 rings (SSSR count). The number of carbonyl (C=O) groups excluding carboxylic acids is 2. The summed E-state index contributed by atoms with van der Waals surface area (Å²) >= 11 is 0. The normalized spacial score (nSPS) is 15.7. The third-order valence-electron chi connectivity index (χ3n) is 4.07. The van der Waals surface area contributed by atoms with E-state index in [1.54, 1.807) is 18.2 Å². The summed E-state index contributed by atoms with van der Waals surface area (Å²) in [5, 5.41) is 10.2. The van der Waals surface area contributed by atoms with Crippen molar-refractivity contribution in [2.24, 2.45) is 5.73 Å². The van der Waals surface area contributed by atoms with E-state index in [1.807, 2.05) is 16.9 Å². The van der Waals surface area contributed by atoms with Gasteiger partial charge in [0.25, 0.3) is 5.91 Å². The number of amides is 2. The van der Waals surface area contributed by atoms with Gasteiger partial charge in [-0.25, -0.2) is 9.03 Å². The fourth-order valence-corrected chi connectivity index (χ4v) is 3.88. The number of hydrogen-bond acceptors (Lipinski definition) is 5. The van der Waals surface area contributed by atoms with Gasteiger partial charge in [0.15, 0.2) is 0 Å². The van der Waals surface area contributed by atoms with Gasteiger partial charge in [0.05, 0.1) is 5.69 Å². The van der Waals surface area contributed by atoms with Crippen molar-refractivity contribution < 1.29 is 23.1 Å². The Morgan fingerprint density at radius 2 is 1.73 bits per heavy atom. The summed E-state index contributed by atoms with van der Waals surface area (Å²) in [6.07, 6.45) is 1.27. The molecule has 8 nitrogen and oxygen atoms in total. The van der Waals surface area contributed by atoms with Crippen molar-refractivity contribution in [2.45, 2.75) is 12.8 Å². The van der Waals surface area contributed by atoms with Gasteiger partial charge in [-0.15, -0.1) is 0 Å². The molecule has 1 aliphatic rings. The summed E-state index contributed by atoms with van der Waals surface area (Å²) in [6, 6.07) is 11.6. The zero-order valence-electron chi connectivity index (χ0n) is 13.7. The SMILES string of the molecule is NC(=O)c1ccc(CCc2ccc(N3CC(=O)NS3(=O)=O)c(O)c2)cc1. The van der Waals surface area contributed by atoms with E-state index in [4.69, 9.17) is 5.73 Å². The molecule has 0 radical (unpaired) electrons. The van der Waals surface area contributed by atoms with Gasteiger partial charge >= 0.3 is 10.2 Å². The highest BCUT2D eigenvalue weighted by Crippen LogP contribution is 2.31. The highest BCUT2D eigenvalue weighted by atomic mass is 32.2. The molecular formula is C17H17N3O5S. The molecule has 9 heteroatoms. The number of rotatable bonds is 5. The zero-order valence-corrected chi connectivity index (χ0v) is 14.5. The smallest absolute Gasteiger partial charge is 0.326 e. The van der Waals surface area contributed by atoms with Crippen LogP contribution in [0.15, 0.2) is 42.5 Å². The molecule has 2 aromatic carbocycles. The van der Waals surface area contributed by atoms with Crippen LogP contribution in [0.3, 0.4) is 0 Å². The monoisotopic (exact) mass is 375 g/mol. The first-order valence-corrected chi connectivity index (χ1v) is 9.24. The number of hydrogen-bond donors (Lipinski definition) is 3. The molecule has 0 atom stereocenters. The molecule has 26 heavy (non-hydrogen) atoms. The maximum Gasteiger partial charge on any atom is 0.326 e. The maximum absolute atomic E-state index is 11.8. The predicted molar refractivity (Wildman–Crippen MR) is 94.9 cm³/mol. The van der Waals surface area contributed by atoms with E-state index in [-0.39, 0.29) is 18.0 Å². The molecule has 2 aromatic rings. The van der Waals surface area contributed by atoms with Crippen LogP contribution in [0.1, 0.15) is 21.5 Å². The number of aromatic hydroxyl groups is 1. The van der Waals surface area contributed by atoms with E-state index < -0.39 is 22.0 Å². The first kappa shape index (κ1) is 17.7. The summed E-state index contributed by atoms with van der Waals surface area (Å²) in [7, 11) is -3.96. The van der Waals surface area contributed by atoms with E-state index in [0.717, 1.165) is 15.4 Å². The third kappa shape index (κ3) is 3.62. The Bertz CT molecular complexity index is 970. The first-order valence-electron chi connectivity index (χ1n) is 7.80. The second kappa shape index (κ2) is 6.68. The Morgan fingerprint density at radius 3 is 2.27 bits per heavy atom. The molecule has 0 saturated carbocycles. The van der Waals surface area contributed by atoms with E-state index in [0.29, 0.717) is 18.4 Å². The number of nitrogens with one attached hydrogen (secondary N) is 1. The molecule has 0 aromatic heterocycles. The van der Waals surface area contributed by atoms with E-state index >= 15 is 0 Å². The molecule has 0 unspecified atom stereocenters. The zero-order chi connectivity index (χ0) is 18.9. The summed E-state index contributed by atoms with van der Waals surface area (Å²) in [4.78, 5) is 22.4. The van der Waals surface area contributed by atoms with Gasteiger partial charge in [0, 0.05) is 5.56 Å². The molecule has 136 valence electrons. The van der Waals surface area contributed by atoms with Crippen molar-refractivity contribution in [3.8, 4) is 5.75 Å². The van der Waals surface area contributed by atoms with Crippen LogP contribution in [0, 0.1) is 0 Å². The van der Waals surface area contributed by atoms with Gasteiger partial charge in [0.1, 0.15) is 12.3 Å². The molecule has 0 spiro atoms. The quantitative estimate of drug-likeness (QED) is 0.699. The van der Waals surface area contributed by atoms with Crippen molar-refractivity contribution >= 4 is 27.7 Å². The standard InChI is InChI=1S/C17H17N3O5S/c18-17(23)13-6-3-11(4-7-13)1-2-12-5-8-14(15(21)9-12)20-10-16(22)19-26(20,24)25/h3-9,21H,1-2,10H2,(H2,18,23)(H,19,22). The Morgan fingerprint density at radius 1 is 1.12 bits per heavy atom. The topological polar surface area (TPSA) is 130 Å². The average Bonchev–Trinajstić information content (AvgIpc) is 2.85.